The Morgan fingerprint density at radius 1 is 0.644 bits per heavy atom. The lowest BCUT2D eigenvalue weighted by atomic mass is 9.97. The number of rotatable bonds is 17. The molecule has 0 aromatic heterocycles. The molecule has 0 spiro atoms. The molecule has 0 radical (unpaired) electrons. The van der Waals surface area contributed by atoms with E-state index in [2.05, 4.69) is 6.92 Å². The number of fused-ring (bicyclic) bond motifs is 1. The molecule has 0 aliphatic carbocycles. The van der Waals surface area contributed by atoms with Crippen molar-refractivity contribution in [1.82, 2.24) is 0 Å². The molecular formula is C40H48O5. The van der Waals surface area contributed by atoms with E-state index in [-0.39, 0.29) is 18.0 Å². The summed E-state index contributed by atoms with van der Waals surface area (Å²) >= 11 is 0. The van der Waals surface area contributed by atoms with Crippen LogP contribution in [-0.2, 0) is 9.53 Å². The van der Waals surface area contributed by atoms with E-state index in [9.17, 15) is 9.59 Å². The third-order valence-electron chi connectivity index (χ3n) is 8.37. The first kappa shape index (κ1) is 33.8. The molecule has 0 saturated heterocycles. The van der Waals surface area contributed by atoms with E-state index in [1.165, 1.54) is 44.9 Å². The van der Waals surface area contributed by atoms with Crippen LogP contribution in [0.2, 0.25) is 0 Å². The standard InChI is InChI=1S/C40H48O5/c1-5-7-8-9-10-11-12-13-26-43-37-23-20-32(21-24-37)31-14-16-33(17-15-31)40(42)45-38-25-22-35-27-34(18-19-36(35)28-38)30(4)39(41)44-29(3)6-2/h14-25,27-30H,5-13,26H2,1-4H3/t29-,30-/m0/s1. The summed E-state index contributed by atoms with van der Waals surface area (Å²) in [5.41, 5.74) is 3.45. The minimum atomic E-state index is -0.413. The summed E-state index contributed by atoms with van der Waals surface area (Å²) in [4.78, 5) is 25.4. The van der Waals surface area contributed by atoms with Gasteiger partial charge in [-0.1, -0.05) is 107 Å². The average Bonchev–Trinajstić information content (AvgIpc) is 3.07. The van der Waals surface area contributed by atoms with Gasteiger partial charge in [-0.05, 0) is 90.6 Å². The smallest absolute Gasteiger partial charge is 0.343 e. The van der Waals surface area contributed by atoms with Gasteiger partial charge >= 0.3 is 11.9 Å². The molecule has 0 heterocycles. The molecule has 4 rings (SSSR count). The second-order valence-electron chi connectivity index (χ2n) is 12.0. The van der Waals surface area contributed by atoms with Crippen LogP contribution in [-0.4, -0.2) is 24.6 Å². The Morgan fingerprint density at radius 3 is 1.89 bits per heavy atom. The maximum atomic E-state index is 12.9. The molecule has 5 heteroatoms. The van der Waals surface area contributed by atoms with Gasteiger partial charge in [-0.2, -0.15) is 0 Å². The van der Waals surface area contributed by atoms with Crippen molar-refractivity contribution < 1.29 is 23.8 Å². The van der Waals surface area contributed by atoms with Gasteiger partial charge in [0.25, 0.3) is 0 Å². The molecule has 2 atom stereocenters. The van der Waals surface area contributed by atoms with Gasteiger partial charge in [-0.15, -0.1) is 0 Å². The number of benzene rings is 4. The third kappa shape index (κ3) is 10.2. The topological polar surface area (TPSA) is 61.8 Å². The van der Waals surface area contributed by atoms with Gasteiger partial charge in [0.2, 0.25) is 0 Å². The number of carbonyl (C=O) groups is 2. The van der Waals surface area contributed by atoms with Crippen molar-refractivity contribution in [3.8, 4) is 22.6 Å². The van der Waals surface area contributed by atoms with Crippen LogP contribution < -0.4 is 9.47 Å². The fraction of sp³-hybridized carbons (Fsp3) is 0.400. The minimum Gasteiger partial charge on any atom is -0.494 e. The number of hydrogen-bond donors (Lipinski definition) is 0. The van der Waals surface area contributed by atoms with E-state index in [1.54, 1.807) is 18.2 Å². The molecule has 238 valence electrons. The van der Waals surface area contributed by atoms with E-state index in [1.807, 2.05) is 87.5 Å². The van der Waals surface area contributed by atoms with Crippen LogP contribution in [0.5, 0.6) is 11.5 Å². The van der Waals surface area contributed by atoms with Crippen molar-refractivity contribution in [1.29, 1.82) is 0 Å². The lowest BCUT2D eigenvalue weighted by molar-refractivity contribution is -0.149. The van der Waals surface area contributed by atoms with Crippen molar-refractivity contribution >= 4 is 22.7 Å². The highest BCUT2D eigenvalue weighted by molar-refractivity contribution is 5.93. The van der Waals surface area contributed by atoms with Gasteiger partial charge in [-0.3, -0.25) is 4.79 Å². The molecule has 45 heavy (non-hydrogen) atoms. The lowest BCUT2D eigenvalue weighted by Gasteiger charge is -2.16. The summed E-state index contributed by atoms with van der Waals surface area (Å²) in [5.74, 6) is 0.349. The number of hydrogen-bond acceptors (Lipinski definition) is 5. The zero-order valence-electron chi connectivity index (χ0n) is 27.3. The summed E-state index contributed by atoms with van der Waals surface area (Å²) in [6.45, 7) is 8.75. The zero-order valence-corrected chi connectivity index (χ0v) is 27.3. The van der Waals surface area contributed by atoms with E-state index in [0.29, 0.717) is 11.3 Å². The molecule has 0 saturated carbocycles. The molecule has 0 bridgehead atoms. The Kier molecular flexibility index (Phi) is 13.0. The zero-order chi connectivity index (χ0) is 32.0. The third-order valence-corrected chi connectivity index (χ3v) is 8.37. The maximum Gasteiger partial charge on any atom is 0.343 e. The first-order chi connectivity index (χ1) is 21.9. The molecule has 5 nitrogen and oxygen atoms in total. The van der Waals surface area contributed by atoms with Crippen LogP contribution in [0, 0.1) is 0 Å². The van der Waals surface area contributed by atoms with Gasteiger partial charge in [0.15, 0.2) is 0 Å². The minimum absolute atomic E-state index is 0.102. The second kappa shape index (κ2) is 17.4. The number of ether oxygens (including phenoxy) is 3. The van der Waals surface area contributed by atoms with Gasteiger partial charge in [0, 0.05) is 0 Å². The number of unbranched alkanes of at least 4 members (excludes halogenated alkanes) is 7. The molecule has 4 aromatic carbocycles. The summed E-state index contributed by atoms with van der Waals surface area (Å²) in [6, 6.07) is 26.9. The highest BCUT2D eigenvalue weighted by Crippen LogP contribution is 2.28. The van der Waals surface area contributed by atoms with Crippen molar-refractivity contribution in [2.24, 2.45) is 0 Å². The first-order valence-corrected chi connectivity index (χ1v) is 16.7. The quantitative estimate of drug-likeness (QED) is 0.0678. The van der Waals surface area contributed by atoms with Crippen molar-refractivity contribution in [3.63, 3.8) is 0 Å². The van der Waals surface area contributed by atoms with Gasteiger partial charge in [0.05, 0.1) is 24.2 Å². The van der Waals surface area contributed by atoms with Gasteiger partial charge < -0.3 is 14.2 Å². The molecule has 0 aliphatic rings. The predicted molar refractivity (Wildman–Crippen MR) is 183 cm³/mol. The average molecular weight is 609 g/mol. The highest BCUT2D eigenvalue weighted by Gasteiger charge is 2.19. The van der Waals surface area contributed by atoms with E-state index in [0.717, 1.165) is 52.7 Å². The van der Waals surface area contributed by atoms with E-state index in [4.69, 9.17) is 14.2 Å². The maximum absolute atomic E-state index is 12.9. The Morgan fingerprint density at radius 2 is 1.22 bits per heavy atom. The largest absolute Gasteiger partial charge is 0.494 e. The summed E-state index contributed by atoms with van der Waals surface area (Å²) < 4.78 is 17.1. The highest BCUT2D eigenvalue weighted by atomic mass is 16.5. The summed E-state index contributed by atoms with van der Waals surface area (Å²) in [6.07, 6.45) is 11.0. The SMILES string of the molecule is CCCCCCCCCCOc1ccc(-c2ccc(C(=O)Oc3ccc4cc([C@H](C)C(=O)O[C@@H](C)CC)ccc4c3)cc2)cc1. The fourth-order valence-electron chi connectivity index (χ4n) is 5.23. The molecule has 0 N–H and O–H groups in total. The van der Waals surface area contributed by atoms with E-state index >= 15 is 0 Å². The molecule has 0 aliphatic heterocycles. The predicted octanol–water partition coefficient (Wildman–Crippen LogP) is 10.7. The van der Waals surface area contributed by atoms with Gasteiger partial charge in [-0.25, -0.2) is 4.79 Å². The fourth-order valence-corrected chi connectivity index (χ4v) is 5.23. The van der Waals surface area contributed by atoms with Crippen LogP contribution >= 0.6 is 0 Å². The van der Waals surface area contributed by atoms with Crippen molar-refractivity contribution in [3.05, 3.63) is 96.1 Å². The molecule has 0 fully saturated rings. The Labute approximate surface area is 268 Å². The Balaban J connectivity index is 1.27. The van der Waals surface area contributed by atoms with E-state index < -0.39 is 5.97 Å². The number of carbonyl (C=O) groups excluding carboxylic acids is 2. The van der Waals surface area contributed by atoms with Crippen LogP contribution in [0.4, 0.5) is 0 Å². The molecule has 0 amide bonds. The second-order valence-corrected chi connectivity index (χ2v) is 12.0. The number of esters is 2. The summed E-state index contributed by atoms with van der Waals surface area (Å²) in [7, 11) is 0. The normalized spacial score (nSPS) is 12.4. The molecule has 4 aromatic rings. The van der Waals surface area contributed by atoms with Crippen molar-refractivity contribution in [2.75, 3.05) is 6.61 Å². The Bertz CT molecular complexity index is 1510. The van der Waals surface area contributed by atoms with Gasteiger partial charge in [0.1, 0.15) is 11.5 Å². The summed E-state index contributed by atoms with van der Waals surface area (Å²) in [5, 5.41) is 1.89. The van der Waals surface area contributed by atoms with Crippen LogP contribution in [0.3, 0.4) is 0 Å². The molecular weight excluding hydrogens is 560 g/mol. The van der Waals surface area contributed by atoms with Crippen molar-refractivity contribution in [2.45, 2.75) is 97.5 Å². The first-order valence-electron chi connectivity index (χ1n) is 16.7. The monoisotopic (exact) mass is 608 g/mol. The molecule has 0 unspecified atom stereocenters. The van der Waals surface area contributed by atoms with Crippen LogP contribution in [0.1, 0.15) is 107 Å². The van der Waals surface area contributed by atoms with Crippen LogP contribution in [0.25, 0.3) is 21.9 Å². The Hall–Kier alpha value is -4.12. The van der Waals surface area contributed by atoms with Crippen LogP contribution in [0.15, 0.2) is 84.9 Å². The lowest BCUT2D eigenvalue weighted by Crippen LogP contribution is -2.19.